The number of carboxylic acids is 1. The number of hydrogen-bond acceptors (Lipinski definition) is 11. The number of ether oxygens (including phenoxy) is 3. The fraction of sp³-hybridized carbons (Fsp3) is 0.500. The van der Waals surface area contributed by atoms with Gasteiger partial charge in [0, 0.05) is 44.0 Å². The molecule has 2 amide bonds. The van der Waals surface area contributed by atoms with Crippen LogP contribution in [-0.4, -0.2) is 107 Å². The van der Waals surface area contributed by atoms with E-state index in [1.807, 2.05) is 18.2 Å². The number of nitrogens with zero attached hydrogens (tertiary/aromatic N) is 4. The molecule has 226 valence electrons. The number of hydrogen-bond donors (Lipinski definition) is 2. The summed E-state index contributed by atoms with van der Waals surface area (Å²) in [4.78, 5) is 65.4. The van der Waals surface area contributed by atoms with Crippen LogP contribution in [-0.2, 0) is 23.9 Å². The van der Waals surface area contributed by atoms with Crippen molar-refractivity contribution in [1.82, 2.24) is 25.2 Å². The van der Waals surface area contributed by atoms with Crippen LogP contribution in [0.2, 0.25) is 0 Å². The Hall–Kier alpha value is -4.30. The van der Waals surface area contributed by atoms with Crippen LogP contribution in [0, 0.1) is 0 Å². The summed E-state index contributed by atoms with van der Waals surface area (Å²) in [5.74, 6) is -1.73. The Morgan fingerprint density at radius 2 is 1.79 bits per heavy atom. The molecular formula is C28H35N5O9. The van der Waals surface area contributed by atoms with E-state index in [0.29, 0.717) is 31.6 Å². The third kappa shape index (κ3) is 8.85. The fourth-order valence-corrected chi connectivity index (χ4v) is 4.51. The van der Waals surface area contributed by atoms with E-state index in [4.69, 9.17) is 19.0 Å². The van der Waals surface area contributed by atoms with Crippen molar-refractivity contribution in [3.05, 3.63) is 42.1 Å². The number of aliphatic carboxylic acids is 1. The Morgan fingerprint density at radius 3 is 2.45 bits per heavy atom. The number of amides is 2. The molecule has 14 heteroatoms. The maximum atomic E-state index is 13.5. The summed E-state index contributed by atoms with van der Waals surface area (Å²) in [6, 6.07) is 9.40. The molecule has 0 radical (unpaired) electrons. The summed E-state index contributed by atoms with van der Waals surface area (Å²) in [6.45, 7) is 3.81. The van der Waals surface area contributed by atoms with Crippen LogP contribution in [0.25, 0.3) is 11.4 Å². The van der Waals surface area contributed by atoms with Crippen LogP contribution in [0.3, 0.4) is 0 Å². The number of carbonyl (C=O) groups excluding carboxylic acids is 3. The van der Waals surface area contributed by atoms with Crippen LogP contribution in [0.5, 0.6) is 5.88 Å². The van der Waals surface area contributed by atoms with Gasteiger partial charge in [0.15, 0.2) is 5.82 Å². The number of benzene rings is 1. The maximum Gasteiger partial charge on any atom is 0.527 e. The lowest BCUT2D eigenvalue weighted by atomic mass is 10.1. The summed E-state index contributed by atoms with van der Waals surface area (Å²) in [7, 11) is 0. The quantitative estimate of drug-likeness (QED) is 0.368. The second-order valence-corrected chi connectivity index (χ2v) is 9.70. The van der Waals surface area contributed by atoms with Crippen molar-refractivity contribution in [2.24, 2.45) is 0 Å². The van der Waals surface area contributed by atoms with E-state index >= 15 is 0 Å². The van der Waals surface area contributed by atoms with Gasteiger partial charge in [-0.25, -0.2) is 9.78 Å². The minimum absolute atomic E-state index is 0.0216. The molecule has 42 heavy (non-hydrogen) atoms. The first-order valence-corrected chi connectivity index (χ1v) is 13.9. The first kappa shape index (κ1) is 30.7. The number of hydroxylamine groups is 2. The van der Waals surface area contributed by atoms with Gasteiger partial charge in [0.05, 0.1) is 32.9 Å². The lowest BCUT2D eigenvalue weighted by Crippen LogP contribution is -2.55. The zero-order valence-electron chi connectivity index (χ0n) is 23.4. The largest absolute Gasteiger partial charge is 0.527 e. The minimum atomic E-state index is -1.12. The van der Waals surface area contributed by atoms with Crippen LogP contribution >= 0.6 is 0 Å². The topological polar surface area (TPSA) is 170 Å². The normalized spacial score (nSPS) is 16.7. The van der Waals surface area contributed by atoms with E-state index in [9.17, 15) is 24.3 Å². The molecule has 1 atom stereocenters. The lowest BCUT2D eigenvalue weighted by molar-refractivity contribution is -0.157. The van der Waals surface area contributed by atoms with Crippen molar-refractivity contribution >= 4 is 23.9 Å². The first-order valence-electron chi connectivity index (χ1n) is 13.9. The smallest absolute Gasteiger partial charge is 0.481 e. The predicted octanol–water partition coefficient (Wildman–Crippen LogP) is 1.90. The zero-order valence-corrected chi connectivity index (χ0v) is 23.4. The van der Waals surface area contributed by atoms with E-state index < -0.39 is 30.0 Å². The van der Waals surface area contributed by atoms with Gasteiger partial charge in [-0.2, -0.15) is 4.98 Å². The van der Waals surface area contributed by atoms with Gasteiger partial charge in [0.25, 0.3) is 5.91 Å². The highest BCUT2D eigenvalue weighted by Crippen LogP contribution is 2.22. The molecule has 1 aromatic heterocycles. The van der Waals surface area contributed by atoms with Gasteiger partial charge in [-0.05, 0) is 13.3 Å². The third-order valence-corrected chi connectivity index (χ3v) is 6.69. The molecule has 3 heterocycles. The molecule has 0 bridgehead atoms. The zero-order chi connectivity index (χ0) is 29.9. The van der Waals surface area contributed by atoms with Crippen LogP contribution in [0.1, 0.15) is 43.1 Å². The average Bonchev–Trinajstić information content (AvgIpc) is 3.00. The van der Waals surface area contributed by atoms with Crippen LogP contribution in [0.4, 0.5) is 4.79 Å². The minimum Gasteiger partial charge on any atom is -0.481 e. The molecule has 4 rings (SSSR count). The van der Waals surface area contributed by atoms with E-state index in [-0.39, 0.29) is 69.1 Å². The van der Waals surface area contributed by atoms with Crippen LogP contribution < -0.4 is 10.1 Å². The molecule has 2 aliphatic rings. The molecule has 2 N–H and O–H groups in total. The number of nitrogens with one attached hydrogen (secondary N) is 1. The summed E-state index contributed by atoms with van der Waals surface area (Å²) < 4.78 is 16.2. The molecule has 1 aromatic carbocycles. The molecule has 2 saturated heterocycles. The van der Waals surface area contributed by atoms with Gasteiger partial charge in [-0.15, -0.1) is 5.06 Å². The molecule has 2 aromatic rings. The standard InChI is InChI=1S/C28H35N5O9/c1-2-40-28(38)42-33-14-12-32(13-15-33)27(37)21(8-9-24(34)35)30-26(36)22-18-23(41-20-10-16-39-17-11-20)31-25(29-22)19-6-4-3-5-7-19/h3-7,18,20-21H,2,8-17H2,1H3,(H,30,36)(H,34,35)/t21-/m0/s1. The van der Waals surface area contributed by atoms with E-state index in [2.05, 4.69) is 15.3 Å². The van der Waals surface area contributed by atoms with Crippen molar-refractivity contribution in [1.29, 1.82) is 0 Å². The molecule has 0 aliphatic carbocycles. The molecule has 0 unspecified atom stereocenters. The highest BCUT2D eigenvalue weighted by atomic mass is 16.8. The molecule has 2 fully saturated rings. The highest BCUT2D eigenvalue weighted by molar-refractivity contribution is 5.96. The molecular weight excluding hydrogens is 550 g/mol. The summed E-state index contributed by atoms with van der Waals surface area (Å²) >= 11 is 0. The number of piperazine rings is 1. The SMILES string of the molecule is CCOC(=O)ON1CCN(C(=O)[C@H](CCC(=O)O)NC(=O)c2cc(OC3CCOCC3)nc(-c3ccccc3)n2)CC1. The van der Waals surface area contributed by atoms with E-state index in [0.717, 1.165) is 0 Å². The fourth-order valence-electron chi connectivity index (χ4n) is 4.51. The van der Waals surface area contributed by atoms with Crippen molar-refractivity contribution in [2.45, 2.75) is 44.8 Å². The second-order valence-electron chi connectivity index (χ2n) is 9.70. The summed E-state index contributed by atoms with van der Waals surface area (Å²) in [5, 5.41) is 13.3. The molecule has 14 nitrogen and oxygen atoms in total. The number of rotatable bonds is 11. The van der Waals surface area contributed by atoms with Gasteiger partial charge in [0.2, 0.25) is 11.8 Å². The third-order valence-electron chi connectivity index (χ3n) is 6.69. The summed E-state index contributed by atoms with van der Waals surface area (Å²) in [6.07, 6.45) is -0.0683. The van der Waals surface area contributed by atoms with Crippen molar-refractivity contribution < 1.29 is 43.3 Å². The maximum absolute atomic E-state index is 13.5. The van der Waals surface area contributed by atoms with E-state index in [1.165, 1.54) is 16.0 Å². The highest BCUT2D eigenvalue weighted by Gasteiger charge is 2.31. The molecule has 0 saturated carbocycles. The Kier molecular flexibility index (Phi) is 11.0. The number of carbonyl (C=O) groups is 4. The Bertz CT molecular complexity index is 1230. The van der Waals surface area contributed by atoms with Crippen molar-refractivity contribution in [3.8, 4) is 17.3 Å². The predicted molar refractivity (Wildman–Crippen MR) is 146 cm³/mol. The Morgan fingerprint density at radius 1 is 1.07 bits per heavy atom. The van der Waals surface area contributed by atoms with Gasteiger partial charge in [-0.3, -0.25) is 14.4 Å². The second kappa shape index (κ2) is 15.1. The Labute approximate surface area is 242 Å². The Balaban J connectivity index is 1.49. The monoisotopic (exact) mass is 585 g/mol. The van der Waals surface area contributed by atoms with Crippen LogP contribution in [0.15, 0.2) is 36.4 Å². The van der Waals surface area contributed by atoms with Gasteiger partial charge in [0.1, 0.15) is 17.8 Å². The van der Waals surface area contributed by atoms with Gasteiger partial charge in [-0.1, -0.05) is 30.3 Å². The number of aromatic nitrogens is 2. The summed E-state index contributed by atoms with van der Waals surface area (Å²) in [5.41, 5.74) is 0.650. The lowest BCUT2D eigenvalue weighted by Gasteiger charge is -2.35. The van der Waals surface area contributed by atoms with Crippen molar-refractivity contribution in [3.63, 3.8) is 0 Å². The first-order chi connectivity index (χ1) is 20.3. The molecule has 0 spiro atoms. The van der Waals surface area contributed by atoms with E-state index in [1.54, 1.807) is 19.1 Å². The average molecular weight is 586 g/mol. The van der Waals surface area contributed by atoms with Gasteiger partial charge < -0.3 is 34.4 Å². The number of carboxylic acid groups (broad SMARTS) is 1. The van der Waals surface area contributed by atoms with Gasteiger partial charge >= 0.3 is 12.1 Å². The molecule has 2 aliphatic heterocycles. The van der Waals surface area contributed by atoms with Crippen molar-refractivity contribution in [2.75, 3.05) is 46.0 Å².